The van der Waals surface area contributed by atoms with Crippen molar-refractivity contribution in [2.24, 2.45) is 5.73 Å². The molecule has 1 rings (SSSR count). The van der Waals surface area contributed by atoms with Crippen molar-refractivity contribution < 1.29 is 4.74 Å². The van der Waals surface area contributed by atoms with Gasteiger partial charge in [0.2, 0.25) is 0 Å². The lowest BCUT2D eigenvalue weighted by atomic mass is 10.1. The van der Waals surface area contributed by atoms with Crippen LogP contribution in [0.4, 0.5) is 0 Å². The first-order valence-electron chi connectivity index (χ1n) is 6.12. The van der Waals surface area contributed by atoms with E-state index in [-0.39, 0.29) is 11.6 Å². The molecular formula is C14H24N2O. The van der Waals surface area contributed by atoms with Gasteiger partial charge in [-0.05, 0) is 45.4 Å². The van der Waals surface area contributed by atoms with Gasteiger partial charge >= 0.3 is 0 Å². The predicted octanol–water partition coefficient (Wildman–Crippen LogP) is 2.30. The Labute approximate surface area is 104 Å². The Bertz CT molecular complexity index is 325. The van der Waals surface area contributed by atoms with Crippen LogP contribution in [0.5, 0.6) is 5.75 Å². The lowest BCUT2D eigenvalue weighted by Gasteiger charge is -2.19. The Morgan fingerprint density at radius 2 is 1.82 bits per heavy atom. The van der Waals surface area contributed by atoms with Crippen LogP contribution in [0.2, 0.25) is 0 Å². The Kier molecular flexibility index (Phi) is 4.97. The van der Waals surface area contributed by atoms with E-state index in [0.717, 1.165) is 18.8 Å². The van der Waals surface area contributed by atoms with E-state index < -0.39 is 0 Å². The summed E-state index contributed by atoms with van der Waals surface area (Å²) in [4.78, 5) is 0. The van der Waals surface area contributed by atoms with Gasteiger partial charge in [0.25, 0.3) is 0 Å². The molecule has 0 aliphatic heterocycles. The van der Waals surface area contributed by atoms with Crippen LogP contribution in [0.15, 0.2) is 24.3 Å². The van der Waals surface area contributed by atoms with Crippen molar-refractivity contribution in [3.8, 4) is 5.75 Å². The summed E-state index contributed by atoms with van der Waals surface area (Å²) in [5.41, 5.74) is 6.97. The SMILES string of the molecule is CC(C)Oc1ccc(CNCC(C)(C)N)cc1. The summed E-state index contributed by atoms with van der Waals surface area (Å²) in [7, 11) is 0. The van der Waals surface area contributed by atoms with Crippen LogP contribution in [0.25, 0.3) is 0 Å². The van der Waals surface area contributed by atoms with Crippen LogP contribution < -0.4 is 15.8 Å². The molecule has 0 aliphatic carbocycles. The summed E-state index contributed by atoms with van der Waals surface area (Å²) in [5, 5.41) is 3.34. The van der Waals surface area contributed by atoms with Gasteiger partial charge in [-0.15, -0.1) is 0 Å². The van der Waals surface area contributed by atoms with E-state index in [1.54, 1.807) is 0 Å². The molecule has 1 aromatic rings. The van der Waals surface area contributed by atoms with Gasteiger partial charge in [0.1, 0.15) is 5.75 Å². The van der Waals surface area contributed by atoms with E-state index >= 15 is 0 Å². The second-order valence-electron chi connectivity index (χ2n) is 5.40. The van der Waals surface area contributed by atoms with Crippen LogP contribution in [0, 0.1) is 0 Å². The molecule has 0 aromatic heterocycles. The number of rotatable bonds is 6. The second-order valence-corrected chi connectivity index (χ2v) is 5.40. The minimum Gasteiger partial charge on any atom is -0.491 e. The van der Waals surface area contributed by atoms with Crippen LogP contribution >= 0.6 is 0 Å². The first-order chi connectivity index (χ1) is 7.87. The van der Waals surface area contributed by atoms with Gasteiger partial charge in [-0.25, -0.2) is 0 Å². The topological polar surface area (TPSA) is 47.3 Å². The molecule has 96 valence electrons. The Morgan fingerprint density at radius 3 is 2.29 bits per heavy atom. The van der Waals surface area contributed by atoms with E-state index in [4.69, 9.17) is 10.5 Å². The Balaban J connectivity index is 2.40. The highest BCUT2D eigenvalue weighted by Crippen LogP contribution is 2.13. The normalized spacial score (nSPS) is 11.9. The lowest BCUT2D eigenvalue weighted by Crippen LogP contribution is -2.42. The molecule has 0 unspecified atom stereocenters. The smallest absolute Gasteiger partial charge is 0.119 e. The number of nitrogens with one attached hydrogen (secondary N) is 1. The molecule has 0 fully saturated rings. The van der Waals surface area contributed by atoms with Crippen molar-refractivity contribution in [2.75, 3.05) is 6.54 Å². The molecular weight excluding hydrogens is 212 g/mol. The molecule has 3 N–H and O–H groups in total. The maximum atomic E-state index is 5.90. The minimum absolute atomic E-state index is 0.166. The molecule has 3 nitrogen and oxygen atoms in total. The number of nitrogens with two attached hydrogens (primary N) is 1. The zero-order valence-electron chi connectivity index (χ0n) is 11.3. The average Bonchev–Trinajstić information content (AvgIpc) is 2.18. The van der Waals surface area contributed by atoms with Crippen LogP contribution in [0.1, 0.15) is 33.3 Å². The number of benzene rings is 1. The molecule has 0 atom stereocenters. The van der Waals surface area contributed by atoms with Crippen molar-refractivity contribution >= 4 is 0 Å². The first-order valence-corrected chi connectivity index (χ1v) is 6.12. The van der Waals surface area contributed by atoms with Crippen LogP contribution in [-0.2, 0) is 6.54 Å². The monoisotopic (exact) mass is 236 g/mol. The molecule has 0 bridgehead atoms. The lowest BCUT2D eigenvalue weighted by molar-refractivity contribution is 0.242. The standard InChI is InChI=1S/C14H24N2O/c1-11(2)17-13-7-5-12(6-8-13)9-16-10-14(3,4)15/h5-8,11,16H,9-10,15H2,1-4H3. The molecule has 0 amide bonds. The largest absolute Gasteiger partial charge is 0.491 e. The predicted molar refractivity (Wildman–Crippen MR) is 72.2 cm³/mol. The summed E-state index contributed by atoms with van der Waals surface area (Å²) in [6.45, 7) is 9.72. The van der Waals surface area contributed by atoms with Gasteiger partial charge in [-0.1, -0.05) is 12.1 Å². The fourth-order valence-electron chi connectivity index (χ4n) is 1.49. The molecule has 3 heteroatoms. The molecule has 0 spiro atoms. The highest BCUT2D eigenvalue weighted by atomic mass is 16.5. The van der Waals surface area contributed by atoms with Crippen molar-refractivity contribution in [2.45, 2.75) is 45.9 Å². The summed E-state index contributed by atoms with van der Waals surface area (Å²) in [6, 6.07) is 8.16. The molecule has 1 aromatic carbocycles. The fraction of sp³-hybridized carbons (Fsp3) is 0.571. The van der Waals surface area contributed by atoms with E-state index in [2.05, 4.69) is 17.4 Å². The van der Waals surface area contributed by atoms with Crippen molar-refractivity contribution in [1.29, 1.82) is 0 Å². The number of ether oxygens (including phenoxy) is 1. The molecule has 0 saturated heterocycles. The quantitative estimate of drug-likeness (QED) is 0.796. The molecule has 17 heavy (non-hydrogen) atoms. The van der Waals surface area contributed by atoms with E-state index in [1.807, 2.05) is 39.8 Å². The minimum atomic E-state index is -0.166. The third kappa shape index (κ3) is 6.29. The summed E-state index contributed by atoms with van der Waals surface area (Å²) < 4.78 is 5.59. The van der Waals surface area contributed by atoms with Crippen LogP contribution in [-0.4, -0.2) is 18.2 Å². The number of hydrogen-bond acceptors (Lipinski definition) is 3. The molecule has 0 heterocycles. The zero-order valence-corrected chi connectivity index (χ0v) is 11.3. The molecule has 0 saturated carbocycles. The highest BCUT2D eigenvalue weighted by Gasteiger charge is 2.08. The van der Waals surface area contributed by atoms with Gasteiger partial charge in [-0.2, -0.15) is 0 Å². The maximum absolute atomic E-state index is 5.90. The first kappa shape index (κ1) is 14.0. The van der Waals surface area contributed by atoms with Gasteiger partial charge in [0.05, 0.1) is 6.10 Å². The van der Waals surface area contributed by atoms with Crippen molar-refractivity contribution in [1.82, 2.24) is 5.32 Å². The fourth-order valence-corrected chi connectivity index (χ4v) is 1.49. The van der Waals surface area contributed by atoms with Crippen molar-refractivity contribution in [3.05, 3.63) is 29.8 Å². The van der Waals surface area contributed by atoms with E-state index in [9.17, 15) is 0 Å². The third-order valence-electron chi connectivity index (χ3n) is 2.20. The highest BCUT2D eigenvalue weighted by molar-refractivity contribution is 5.27. The van der Waals surface area contributed by atoms with Crippen LogP contribution in [0.3, 0.4) is 0 Å². The van der Waals surface area contributed by atoms with Crippen molar-refractivity contribution in [3.63, 3.8) is 0 Å². The summed E-state index contributed by atoms with van der Waals surface area (Å²) >= 11 is 0. The maximum Gasteiger partial charge on any atom is 0.119 e. The Morgan fingerprint density at radius 1 is 1.24 bits per heavy atom. The molecule has 0 radical (unpaired) electrons. The van der Waals surface area contributed by atoms with Gasteiger partial charge < -0.3 is 15.8 Å². The third-order valence-corrected chi connectivity index (χ3v) is 2.20. The van der Waals surface area contributed by atoms with Gasteiger partial charge in [-0.3, -0.25) is 0 Å². The summed E-state index contributed by atoms with van der Waals surface area (Å²) in [6.07, 6.45) is 0.219. The molecule has 0 aliphatic rings. The van der Waals surface area contributed by atoms with E-state index in [0.29, 0.717) is 0 Å². The van der Waals surface area contributed by atoms with Gasteiger partial charge in [0.15, 0.2) is 0 Å². The zero-order chi connectivity index (χ0) is 12.9. The summed E-state index contributed by atoms with van der Waals surface area (Å²) in [5.74, 6) is 0.919. The number of hydrogen-bond donors (Lipinski definition) is 2. The van der Waals surface area contributed by atoms with Gasteiger partial charge in [0, 0.05) is 18.6 Å². The van der Waals surface area contributed by atoms with E-state index in [1.165, 1.54) is 5.56 Å². The average molecular weight is 236 g/mol. The second kappa shape index (κ2) is 6.03. The Hall–Kier alpha value is -1.06.